The van der Waals surface area contributed by atoms with Crippen LogP contribution in [0.4, 0.5) is 4.79 Å². The third-order valence-electron chi connectivity index (χ3n) is 3.44. The van der Waals surface area contributed by atoms with Crippen LogP contribution in [0.25, 0.3) is 0 Å². The molecule has 0 spiro atoms. The van der Waals surface area contributed by atoms with E-state index in [1.807, 2.05) is 20.1 Å². The van der Waals surface area contributed by atoms with Gasteiger partial charge in [0.05, 0.1) is 0 Å². The predicted molar refractivity (Wildman–Crippen MR) is 96.7 cm³/mol. The number of ether oxygens (including phenoxy) is 1. The van der Waals surface area contributed by atoms with E-state index in [1.165, 1.54) is 0 Å². The summed E-state index contributed by atoms with van der Waals surface area (Å²) in [5.74, 6) is -0.439. The molecule has 4 N–H and O–H groups in total. The Labute approximate surface area is 148 Å². The quantitative estimate of drug-likeness (QED) is 0.578. The fourth-order valence-electron chi connectivity index (χ4n) is 1.92. The summed E-state index contributed by atoms with van der Waals surface area (Å²) in [5.41, 5.74) is 4.69. The Hall–Kier alpha value is -1.44. The summed E-state index contributed by atoms with van der Waals surface area (Å²) in [5, 5.41) is 5.23. The summed E-state index contributed by atoms with van der Waals surface area (Å²) in [6.07, 6.45) is 2.37. The van der Waals surface area contributed by atoms with Crippen LogP contribution >= 0.6 is 11.8 Å². The number of carbonyl (C=O) groups excluding carboxylic acids is 3. The Kier molecular flexibility index (Phi) is 9.80. The second-order valence-electron chi connectivity index (χ2n) is 6.75. The van der Waals surface area contributed by atoms with Gasteiger partial charge >= 0.3 is 6.09 Å². The van der Waals surface area contributed by atoms with Crippen molar-refractivity contribution >= 4 is 29.7 Å². The predicted octanol–water partition coefficient (Wildman–Crippen LogP) is 1.65. The zero-order chi connectivity index (χ0) is 18.9. The number of amides is 3. The highest BCUT2D eigenvalue weighted by Gasteiger charge is 2.30. The van der Waals surface area contributed by atoms with Crippen LogP contribution in [0.1, 0.15) is 47.5 Å². The van der Waals surface area contributed by atoms with E-state index in [0.29, 0.717) is 18.6 Å². The largest absolute Gasteiger partial charge is 0.444 e. The van der Waals surface area contributed by atoms with Crippen molar-refractivity contribution in [1.29, 1.82) is 0 Å². The van der Waals surface area contributed by atoms with Crippen molar-refractivity contribution in [1.82, 2.24) is 10.6 Å². The van der Waals surface area contributed by atoms with Gasteiger partial charge in [-0.1, -0.05) is 20.3 Å². The molecule has 0 saturated heterocycles. The summed E-state index contributed by atoms with van der Waals surface area (Å²) in [7, 11) is 0. The maximum Gasteiger partial charge on any atom is 0.408 e. The minimum absolute atomic E-state index is 0.119. The van der Waals surface area contributed by atoms with Gasteiger partial charge in [-0.05, 0) is 45.1 Å². The average molecular weight is 362 g/mol. The fourth-order valence-corrected chi connectivity index (χ4v) is 2.39. The molecule has 0 unspecified atom stereocenters. The molecule has 0 radical (unpaired) electrons. The van der Waals surface area contributed by atoms with Crippen LogP contribution in [0.2, 0.25) is 0 Å². The number of primary amides is 1. The highest BCUT2D eigenvalue weighted by atomic mass is 32.2. The van der Waals surface area contributed by atoms with Gasteiger partial charge in [0.2, 0.25) is 11.8 Å². The van der Waals surface area contributed by atoms with Gasteiger partial charge in [-0.15, -0.1) is 0 Å². The standard InChI is InChI=1S/C16H31N3O4S/c1-7-10(2)12(19-15(22)23-16(3,4)5)14(21)18-11(13(17)20)8-9-24-6/h10-12H,7-9H2,1-6H3,(H2,17,20)(H,18,21)(H,19,22)/t10-,11+,12-/m1/s1. The summed E-state index contributed by atoms with van der Waals surface area (Å²) in [6, 6.07) is -1.54. The lowest BCUT2D eigenvalue weighted by Gasteiger charge is -2.27. The van der Waals surface area contributed by atoms with Crippen molar-refractivity contribution in [2.45, 2.75) is 65.1 Å². The summed E-state index contributed by atoms with van der Waals surface area (Å²) in [6.45, 7) is 9.01. The molecule has 0 aliphatic rings. The lowest BCUT2D eigenvalue weighted by Crippen LogP contribution is -2.55. The average Bonchev–Trinajstić information content (AvgIpc) is 2.45. The molecule has 140 valence electrons. The third-order valence-corrected chi connectivity index (χ3v) is 4.08. The van der Waals surface area contributed by atoms with Crippen LogP contribution in [0.15, 0.2) is 0 Å². The van der Waals surface area contributed by atoms with Crippen LogP contribution in [0.5, 0.6) is 0 Å². The lowest BCUT2D eigenvalue weighted by atomic mass is 9.98. The van der Waals surface area contributed by atoms with Crippen molar-refractivity contribution in [3.8, 4) is 0 Å². The van der Waals surface area contributed by atoms with Gasteiger partial charge in [-0.25, -0.2) is 4.79 Å². The van der Waals surface area contributed by atoms with Gasteiger partial charge in [0, 0.05) is 0 Å². The Balaban J connectivity index is 4.99. The second-order valence-corrected chi connectivity index (χ2v) is 7.74. The number of rotatable bonds is 9. The molecule has 0 aliphatic carbocycles. The Bertz CT molecular complexity index is 438. The number of nitrogens with two attached hydrogens (primary N) is 1. The molecule has 0 aromatic carbocycles. The number of alkyl carbamates (subject to hydrolysis) is 1. The van der Waals surface area contributed by atoms with E-state index in [2.05, 4.69) is 10.6 Å². The summed E-state index contributed by atoms with van der Waals surface area (Å²) in [4.78, 5) is 36.0. The number of hydrogen-bond acceptors (Lipinski definition) is 5. The minimum Gasteiger partial charge on any atom is -0.444 e. The highest BCUT2D eigenvalue weighted by Crippen LogP contribution is 2.12. The number of thioether (sulfide) groups is 1. The topological polar surface area (TPSA) is 111 Å². The molecule has 3 amide bonds. The third kappa shape index (κ3) is 9.00. The Morgan fingerprint density at radius 1 is 1.21 bits per heavy atom. The van der Waals surface area contributed by atoms with E-state index < -0.39 is 35.6 Å². The van der Waals surface area contributed by atoms with E-state index >= 15 is 0 Å². The first-order valence-electron chi connectivity index (χ1n) is 8.10. The first-order chi connectivity index (χ1) is 11.0. The van der Waals surface area contributed by atoms with E-state index in [-0.39, 0.29) is 5.92 Å². The molecule has 0 rings (SSSR count). The maximum absolute atomic E-state index is 12.5. The summed E-state index contributed by atoms with van der Waals surface area (Å²) >= 11 is 1.56. The smallest absolute Gasteiger partial charge is 0.408 e. The number of carbonyl (C=O) groups is 3. The van der Waals surface area contributed by atoms with Crippen molar-refractivity contribution < 1.29 is 19.1 Å². The zero-order valence-corrected chi connectivity index (χ0v) is 16.3. The van der Waals surface area contributed by atoms with Gasteiger partial charge in [0.15, 0.2) is 0 Å². The first-order valence-corrected chi connectivity index (χ1v) is 9.49. The van der Waals surface area contributed by atoms with E-state index in [0.717, 1.165) is 0 Å². The molecular weight excluding hydrogens is 330 g/mol. The zero-order valence-electron chi connectivity index (χ0n) is 15.5. The molecule has 0 fully saturated rings. The monoisotopic (exact) mass is 361 g/mol. The Morgan fingerprint density at radius 3 is 2.21 bits per heavy atom. The molecule has 0 aliphatic heterocycles. The molecule has 0 saturated carbocycles. The highest BCUT2D eigenvalue weighted by molar-refractivity contribution is 7.98. The van der Waals surface area contributed by atoms with Crippen LogP contribution in [0, 0.1) is 5.92 Å². The van der Waals surface area contributed by atoms with Crippen molar-refractivity contribution in [3.63, 3.8) is 0 Å². The van der Waals surface area contributed by atoms with Gasteiger partial charge in [-0.3, -0.25) is 9.59 Å². The van der Waals surface area contributed by atoms with Gasteiger partial charge in [-0.2, -0.15) is 11.8 Å². The van der Waals surface area contributed by atoms with Gasteiger partial charge < -0.3 is 21.1 Å². The number of nitrogens with one attached hydrogen (secondary N) is 2. The van der Waals surface area contributed by atoms with Crippen LogP contribution in [-0.4, -0.2) is 47.6 Å². The SMILES string of the molecule is CC[C@@H](C)[C@@H](NC(=O)OC(C)(C)C)C(=O)N[C@@H](CCSC)C(N)=O. The minimum atomic E-state index is -0.791. The molecule has 0 aromatic rings. The molecule has 0 aromatic heterocycles. The Morgan fingerprint density at radius 2 is 1.79 bits per heavy atom. The molecule has 0 bridgehead atoms. The van der Waals surface area contributed by atoms with Crippen molar-refractivity contribution in [3.05, 3.63) is 0 Å². The van der Waals surface area contributed by atoms with E-state index in [1.54, 1.807) is 32.5 Å². The molecule has 0 heterocycles. The van der Waals surface area contributed by atoms with Crippen molar-refractivity contribution in [2.75, 3.05) is 12.0 Å². The molecule has 3 atom stereocenters. The lowest BCUT2D eigenvalue weighted by molar-refractivity contribution is -0.129. The summed E-state index contributed by atoms with van der Waals surface area (Å²) < 4.78 is 5.21. The molecular formula is C16H31N3O4S. The normalized spacial score (nSPS) is 15.1. The van der Waals surface area contributed by atoms with Crippen LogP contribution in [0.3, 0.4) is 0 Å². The van der Waals surface area contributed by atoms with Gasteiger partial charge in [0.25, 0.3) is 0 Å². The van der Waals surface area contributed by atoms with Crippen LogP contribution < -0.4 is 16.4 Å². The fraction of sp³-hybridized carbons (Fsp3) is 0.812. The second kappa shape index (κ2) is 10.4. The van der Waals surface area contributed by atoms with E-state index in [4.69, 9.17) is 10.5 Å². The number of hydrogen-bond donors (Lipinski definition) is 3. The van der Waals surface area contributed by atoms with E-state index in [9.17, 15) is 14.4 Å². The molecule has 24 heavy (non-hydrogen) atoms. The maximum atomic E-state index is 12.5. The molecule has 7 nitrogen and oxygen atoms in total. The van der Waals surface area contributed by atoms with Gasteiger partial charge in [0.1, 0.15) is 17.7 Å². The van der Waals surface area contributed by atoms with Crippen LogP contribution in [-0.2, 0) is 14.3 Å². The first kappa shape index (κ1) is 22.6. The molecule has 8 heteroatoms. The van der Waals surface area contributed by atoms with Crippen molar-refractivity contribution in [2.24, 2.45) is 11.7 Å².